The standard InChI is InChI=1S/C8H2F8O5/c9-1-2(17)19-4(18)5(1)3(20-8(14,15)16)6(10,11)7(12,13)21-5/h1,3H. The van der Waals surface area contributed by atoms with E-state index in [-0.39, 0.29) is 0 Å². The molecule has 13 heteroatoms. The number of hydrogen-bond acceptors (Lipinski definition) is 5. The Balaban J connectivity index is 2.59. The summed E-state index contributed by atoms with van der Waals surface area (Å²) in [5.74, 6) is -10.5. The van der Waals surface area contributed by atoms with Gasteiger partial charge in [0.15, 0.2) is 6.10 Å². The molecule has 21 heavy (non-hydrogen) atoms. The molecule has 0 aliphatic carbocycles. The minimum Gasteiger partial charge on any atom is -0.389 e. The lowest BCUT2D eigenvalue weighted by atomic mass is 9.91. The van der Waals surface area contributed by atoms with E-state index >= 15 is 0 Å². The van der Waals surface area contributed by atoms with Gasteiger partial charge in [-0.25, -0.2) is 14.0 Å². The zero-order chi connectivity index (χ0) is 16.4. The summed E-state index contributed by atoms with van der Waals surface area (Å²) in [6, 6.07) is 0. The molecule has 0 aromatic heterocycles. The lowest BCUT2D eigenvalue weighted by molar-refractivity contribution is -0.376. The molecular formula is C8H2F8O5. The first-order valence-corrected chi connectivity index (χ1v) is 4.86. The molecule has 1 spiro atoms. The van der Waals surface area contributed by atoms with E-state index in [1.165, 1.54) is 0 Å². The van der Waals surface area contributed by atoms with Crippen molar-refractivity contribution in [3.63, 3.8) is 0 Å². The van der Waals surface area contributed by atoms with Gasteiger partial charge in [0.2, 0.25) is 11.8 Å². The minimum absolute atomic E-state index is 2.25. The molecule has 0 bridgehead atoms. The summed E-state index contributed by atoms with van der Waals surface area (Å²) in [5.41, 5.74) is -4.25. The highest BCUT2D eigenvalue weighted by molar-refractivity contribution is 6.03. The third-order valence-electron chi connectivity index (χ3n) is 2.75. The zero-order valence-electron chi connectivity index (χ0n) is 9.22. The van der Waals surface area contributed by atoms with Gasteiger partial charge in [0.25, 0.3) is 0 Å². The van der Waals surface area contributed by atoms with E-state index in [2.05, 4.69) is 14.2 Å². The van der Waals surface area contributed by atoms with Crippen molar-refractivity contribution in [2.45, 2.75) is 36.3 Å². The van der Waals surface area contributed by atoms with Gasteiger partial charge < -0.3 is 4.74 Å². The molecule has 2 rings (SSSR count). The normalized spacial score (nSPS) is 38.1. The summed E-state index contributed by atoms with van der Waals surface area (Å²) in [6.45, 7) is 0. The lowest BCUT2D eigenvalue weighted by Gasteiger charge is -2.27. The SMILES string of the molecule is O=C1OC(=O)C2(OC(F)(F)C(F)(F)C2OC(F)(F)F)C1F. The number of ether oxygens (including phenoxy) is 3. The quantitative estimate of drug-likeness (QED) is 0.412. The van der Waals surface area contributed by atoms with Crippen LogP contribution in [0.3, 0.4) is 0 Å². The maximum absolute atomic E-state index is 13.5. The summed E-state index contributed by atoms with van der Waals surface area (Å²) in [5, 5.41) is 0. The van der Waals surface area contributed by atoms with Crippen molar-refractivity contribution in [1.82, 2.24) is 0 Å². The molecule has 2 aliphatic heterocycles. The van der Waals surface area contributed by atoms with Crippen molar-refractivity contribution < 1.29 is 58.9 Å². The molecule has 0 radical (unpaired) electrons. The van der Waals surface area contributed by atoms with E-state index in [1.54, 1.807) is 0 Å². The Morgan fingerprint density at radius 3 is 2.00 bits per heavy atom. The van der Waals surface area contributed by atoms with Gasteiger partial charge >= 0.3 is 30.3 Å². The maximum atomic E-state index is 13.5. The molecule has 2 saturated heterocycles. The number of halogens is 8. The van der Waals surface area contributed by atoms with Crippen LogP contribution < -0.4 is 0 Å². The summed E-state index contributed by atoms with van der Waals surface area (Å²) in [7, 11) is 0. The molecule has 2 aliphatic rings. The summed E-state index contributed by atoms with van der Waals surface area (Å²) in [4.78, 5) is 21.9. The average Bonchev–Trinajstić information content (AvgIpc) is 2.57. The third-order valence-corrected chi connectivity index (χ3v) is 2.75. The van der Waals surface area contributed by atoms with Crippen LogP contribution in [0.5, 0.6) is 0 Å². The van der Waals surface area contributed by atoms with Gasteiger partial charge in [0.1, 0.15) is 0 Å². The van der Waals surface area contributed by atoms with Gasteiger partial charge in [0, 0.05) is 0 Å². The van der Waals surface area contributed by atoms with Crippen LogP contribution in [0.1, 0.15) is 0 Å². The monoisotopic (exact) mass is 330 g/mol. The van der Waals surface area contributed by atoms with E-state index in [0.717, 1.165) is 0 Å². The molecule has 0 aromatic rings. The Hall–Kier alpha value is -1.50. The van der Waals surface area contributed by atoms with Crippen LogP contribution >= 0.6 is 0 Å². The molecule has 0 N–H and O–H groups in total. The van der Waals surface area contributed by atoms with Crippen LogP contribution in [0, 0.1) is 0 Å². The number of hydrogen-bond donors (Lipinski definition) is 0. The van der Waals surface area contributed by atoms with Crippen molar-refractivity contribution in [3.05, 3.63) is 0 Å². The first-order chi connectivity index (χ1) is 9.26. The Labute approximate surface area is 108 Å². The van der Waals surface area contributed by atoms with E-state index in [4.69, 9.17) is 0 Å². The second-order valence-electron chi connectivity index (χ2n) is 4.05. The van der Waals surface area contributed by atoms with Gasteiger partial charge in [-0.1, -0.05) is 0 Å². The largest absolute Gasteiger partial charge is 0.523 e. The number of rotatable bonds is 1. The minimum atomic E-state index is -5.95. The number of carbonyl (C=O) groups excluding carboxylic acids is 2. The number of esters is 2. The predicted octanol–water partition coefficient (Wildman–Crippen LogP) is 1.31. The maximum Gasteiger partial charge on any atom is 0.523 e. The van der Waals surface area contributed by atoms with Crippen LogP contribution in [0.15, 0.2) is 0 Å². The van der Waals surface area contributed by atoms with Crippen LogP contribution in [0.2, 0.25) is 0 Å². The van der Waals surface area contributed by atoms with Crippen LogP contribution in [-0.4, -0.2) is 48.2 Å². The predicted molar refractivity (Wildman–Crippen MR) is 40.6 cm³/mol. The summed E-state index contributed by atoms with van der Waals surface area (Å²) in [6.07, 6.45) is -19.4. The Bertz CT molecular complexity index is 501. The van der Waals surface area contributed by atoms with Crippen LogP contribution in [0.25, 0.3) is 0 Å². The Kier molecular flexibility index (Phi) is 3.05. The molecule has 0 saturated carbocycles. The van der Waals surface area contributed by atoms with Crippen molar-refractivity contribution in [2.75, 3.05) is 0 Å². The fourth-order valence-corrected chi connectivity index (χ4v) is 1.89. The number of carbonyl (C=O) groups is 2. The van der Waals surface area contributed by atoms with Gasteiger partial charge in [-0.2, -0.15) is 17.6 Å². The summed E-state index contributed by atoms with van der Waals surface area (Å²) < 4.78 is 112. The number of alkyl halides is 8. The van der Waals surface area contributed by atoms with E-state index in [9.17, 15) is 44.7 Å². The zero-order valence-corrected chi connectivity index (χ0v) is 9.22. The fourth-order valence-electron chi connectivity index (χ4n) is 1.89. The fraction of sp³-hybridized carbons (Fsp3) is 0.750. The van der Waals surface area contributed by atoms with Gasteiger partial charge in [-0.3, -0.25) is 9.47 Å². The van der Waals surface area contributed by atoms with Crippen molar-refractivity contribution in [1.29, 1.82) is 0 Å². The smallest absolute Gasteiger partial charge is 0.389 e. The highest BCUT2D eigenvalue weighted by atomic mass is 19.4. The molecule has 2 fully saturated rings. The van der Waals surface area contributed by atoms with Crippen molar-refractivity contribution >= 4 is 11.9 Å². The van der Waals surface area contributed by atoms with E-state index in [1.807, 2.05) is 0 Å². The second kappa shape index (κ2) is 4.03. The van der Waals surface area contributed by atoms with Crippen LogP contribution in [-0.2, 0) is 23.8 Å². The third kappa shape index (κ3) is 1.97. The van der Waals surface area contributed by atoms with Crippen molar-refractivity contribution in [2.24, 2.45) is 0 Å². The summed E-state index contributed by atoms with van der Waals surface area (Å²) >= 11 is 0. The number of cyclic esters (lactones) is 2. The molecule has 3 atom stereocenters. The molecule has 2 heterocycles. The molecule has 0 aromatic carbocycles. The highest BCUT2D eigenvalue weighted by Crippen LogP contribution is 2.57. The molecule has 5 nitrogen and oxygen atoms in total. The van der Waals surface area contributed by atoms with Crippen LogP contribution in [0.4, 0.5) is 35.1 Å². The Morgan fingerprint density at radius 2 is 1.62 bits per heavy atom. The average molecular weight is 330 g/mol. The van der Waals surface area contributed by atoms with Gasteiger partial charge in [0.05, 0.1) is 0 Å². The molecule has 0 amide bonds. The highest BCUT2D eigenvalue weighted by Gasteiger charge is 2.87. The first-order valence-electron chi connectivity index (χ1n) is 4.86. The second-order valence-corrected chi connectivity index (χ2v) is 4.05. The lowest BCUT2D eigenvalue weighted by Crippen LogP contribution is -2.58. The topological polar surface area (TPSA) is 61.8 Å². The molecule has 3 unspecified atom stereocenters. The van der Waals surface area contributed by atoms with Gasteiger partial charge in [-0.15, -0.1) is 13.2 Å². The first kappa shape index (κ1) is 15.9. The molecular weight excluding hydrogens is 328 g/mol. The van der Waals surface area contributed by atoms with Gasteiger partial charge in [-0.05, 0) is 0 Å². The molecule has 120 valence electrons. The Morgan fingerprint density at radius 1 is 1.10 bits per heavy atom. The van der Waals surface area contributed by atoms with Crippen molar-refractivity contribution in [3.8, 4) is 0 Å². The van der Waals surface area contributed by atoms with E-state index in [0.29, 0.717) is 0 Å². The van der Waals surface area contributed by atoms with E-state index < -0.39 is 48.2 Å².